The van der Waals surface area contributed by atoms with Crippen molar-refractivity contribution in [2.75, 3.05) is 0 Å². The lowest BCUT2D eigenvalue weighted by Crippen LogP contribution is -2.30. The highest BCUT2D eigenvalue weighted by atomic mass is 32.2. The maximum atomic E-state index is 5.88. The van der Waals surface area contributed by atoms with Crippen molar-refractivity contribution in [2.45, 2.75) is 56.2 Å². The van der Waals surface area contributed by atoms with Gasteiger partial charge in [0.05, 0.1) is 24.0 Å². The van der Waals surface area contributed by atoms with Gasteiger partial charge in [-0.2, -0.15) is 0 Å². The minimum Gasteiger partial charge on any atom is -0.469 e. The fourth-order valence-corrected chi connectivity index (χ4v) is 4.96. The summed E-state index contributed by atoms with van der Waals surface area (Å²) in [5.41, 5.74) is 2.03. The van der Waals surface area contributed by atoms with E-state index in [1.807, 2.05) is 31.2 Å². The highest BCUT2D eigenvalue weighted by Crippen LogP contribution is 2.36. The Hall–Kier alpha value is -2.05. The smallest absolute Gasteiger partial charge is 0.196 e. The summed E-state index contributed by atoms with van der Waals surface area (Å²) in [6.07, 6.45) is 4.30. The molecule has 26 heavy (non-hydrogen) atoms. The second-order valence-corrected chi connectivity index (χ2v) is 8.10. The lowest BCUT2D eigenvalue weighted by Gasteiger charge is -2.31. The fourth-order valence-electron chi connectivity index (χ4n) is 3.54. The van der Waals surface area contributed by atoms with Gasteiger partial charge < -0.3 is 9.15 Å². The number of rotatable bonds is 4. The van der Waals surface area contributed by atoms with Gasteiger partial charge >= 0.3 is 0 Å². The zero-order chi connectivity index (χ0) is 18.1. The Labute approximate surface area is 157 Å². The molecule has 6 heteroatoms. The standard InChI is InChI=1S/C20H23N3O2S/c1-13-11-17(12-14(2)25-13)26-20-22-21-19(18-9-10-24-15(18)3)23(20)16-7-5-4-6-8-16/h4-10,13-14,17H,11-12H2,1-3H3. The zero-order valence-corrected chi connectivity index (χ0v) is 16.1. The highest BCUT2D eigenvalue weighted by Gasteiger charge is 2.28. The number of furan rings is 1. The maximum absolute atomic E-state index is 5.88. The number of hydrogen-bond acceptors (Lipinski definition) is 5. The van der Waals surface area contributed by atoms with Crippen LogP contribution in [-0.4, -0.2) is 32.2 Å². The van der Waals surface area contributed by atoms with Crippen LogP contribution in [0.5, 0.6) is 0 Å². The Morgan fingerprint density at radius 1 is 1.04 bits per heavy atom. The van der Waals surface area contributed by atoms with Crippen LogP contribution in [0, 0.1) is 6.92 Å². The molecule has 2 atom stereocenters. The van der Waals surface area contributed by atoms with E-state index in [-0.39, 0.29) is 12.2 Å². The van der Waals surface area contributed by atoms with Gasteiger partial charge in [-0.15, -0.1) is 10.2 Å². The number of aromatic nitrogens is 3. The summed E-state index contributed by atoms with van der Waals surface area (Å²) < 4.78 is 13.5. The predicted octanol–water partition coefficient (Wildman–Crippen LogP) is 4.88. The summed E-state index contributed by atoms with van der Waals surface area (Å²) in [4.78, 5) is 0. The second kappa shape index (κ2) is 7.29. The topological polar surface area (TPSA) is 53.1 Å². The first-order chi connectivity index (χ1) is 12.6. The van der Waals surface area contributed by atoms with E-state index in [9.17, 15) is 0 Å². The normalized spacial score (nSPS) is 23.3. The molecule has 0 aliphatic carbocycles. The van der Waals surface area contributed by atoms with Gasteiger partial charge in [-0.3, -0.25) is 4.57 Å². The minimum atomic E-state index is 0.278. The van der Waals surface area contributed by atoms with Crippen molar-refractivity contribution in [3.8, 4) is 17.1 Å². The predicted molar refractivity (Wildman–Crippen MR) is 103 cm³/mol. The average Bonchev–Trinajstić information content (AvgIpc) is 3.20. The van der Waals surface area contributed by atoms with Gasteiger partial charge in [-0.1, -0.05) is 30.0 Å². The molecule has 0 saturated carbocycles. The Balaban J connectivity index is 1.73. The van der Waals surface area contributed by atoms with Crippen molar-refractivity contribution in [3.63, 3.8) is 0 Å². The van der Waals surface area contributed by atoms with Gasteiger partial charge in [-0.05, 0) is 51.8 Å². The summed E-state index contributed by atoms with van der Waals surface area (Å²) in [5, 5.41) is 10.4. The van der Waals surface area contributed by atoms with Gasteiger partial charge in [-0.25, -0.2) is 0 Å². The summed E-state index contributed by atoms with van der Waals surface area (Å²) >= 11 is 1.80. The molecule has 136 valence electrons. The van der Waals surface area contributed by atoms with E-state index in [4.69, 9.17) is 9.15 Å². The Morgan fingerprint density at radius 3 is 2.42 bits per heavy atom. The average molecular weight is 369 g/mol. The molecule has 2 unspecified atom stereocenters. The molecule has 1 fully saturated rings. The van der Waals surface area contributed by atoms with Crippen LogP contribution in [-0.2, 0) is 4.74 Å². The van der Waals surface area contributed by atoms with Gasteiger partial charge in [0.1, 0.15) is 5.76 Å². The third kappa shape index (κ3) is 3.44. The molecular weight excluding hydrogens is 346 g/mol. The van der Waals surface area contributed by atoms with E-state index in [1.165, 1.54) is 0 Å². The molecule has 0 spiro atoms. The van der Waals surface area contributed by atoms with Crippen molar-refractivity contribution < 1.29 is 9.15 Å². The number of thioether (sulfide) groups is 1. The molecule has 3 heterocycles. The number of hydrogen-bond donors (Lipinski definition) is 0. The van der Waals surface area contributed by atoms with Crippen LogP contribution in [0.1, 0.15) is 32.4 Å². The van der Waals surface area contributed by atoms with E-state index < -0.39 is 0 Å². The van der Waals surface area contributed by atoms with E-state index in [2.05, 4.69) is 40.7 Å². The molecule has 0 bridgehead atoms. The van der Waals surface area contributed by atoms with E-state index in [0.717, 1.165) is 40.8 Å². The largest absolute Gasteiger partial charge is 0.469 e. The quantitative estimate of drug-likeness (QED) is 0.656. The monoisotopic (exact) mass is 369 g/mol. The van der Waals surface area contributed by atoms with Crippen molar-refractivity contribution >= 4 is 11.8 Å². The van der Waals surface area contributed by atoms with Crippen LogP contribution >= 0.6 is 11.8 Å². The zero-order valence-electron chi connectivity index (χ0n) is 15.3. The number of ether oxygens (including phenoxy) is 1. The molecule has 1 saturated heterocycles. The van der Waals surface area contributed by atoms with Crippen molar-refractivity contribution in [3.05, 3.63) is 48.4 Å². The van der Waals surface area contributed by atoms with Crippen LogP contribution in [0.15, 0.2) is 52.2 Å². The molecule has 4 rings (SSSR count). The van der Waals surface area contributed by atoms with E-state index in [1.54, 1.807) is 18.0 Å². The summed E-state index contributed by atoms with van der Waals surface area (Å²) in [6, 6.07) is 12.2. The second-order valence-electron chi connectivity index (χ2n) is 6.84. The van der Waals surface area contributed by atoms with Crippen molar-refractivity contribution in [2.24, 2.45) is 0 Å². The number of benzene rings is 1. The maximum Gasteiger partial charge on any atom is 0.196 e. The lowest BCUT2D eigenvalue weighted by atomic mass is 10.1. The van der Waals surface area contributed by atoms with E-state index in [0.29, 0.717) is 5.25 Å². The fraction of sp³-hybridized carbons (Fsp3) is 0.400. The first-order valence-corrected chi connectivity index (χ1v) is 9.87. The molecule has 3 aromatic rings. The van der Waals surface area contributed by atoms with Crippen LogP contribution in [0.4, 0.5) is 0 Å². The molecular formula is C20H23N3O2S. The van der Waals surface area contributed by atoms with Gasteiger partial charge in [0, 0.05) is 10.9 Å². The Kier molecular flexibility index (Phi) is 4.87. The first-order valence-electron chi connectivity index (χ1n) is 8.99. The summed E-state index contributed by atoms with van der Waals surface area (Å²) in [5.74, 6) is 1.66. The van der Waals surface area contributed by atoms with Gasteiger partial charge in [0.2, 0.25) is 0 Å². The lowest BCUT2D eigenvalue weighted by molar-refractivity contribution is -0.0265. The molecule has 1 aromatic carbocycles. The van der Waals surface area contributed by atoms with Gasteiger partial charge in [0.25, 0.3) is 0 Å². The molecule has 0 N–H and O–H groups in total. The molecule has 2 aromatic heterocycles. The molecule has 1 aliphatic heterocycles. The van der Waals surface area contributed by atoms with Crippen LogP contribution in [0.25, 0.3) is 17.1 Å². The molecule has 5 nitrogen and oxygen atoms in total. The van der Waals surface area contributed by atoms with Crippen LogP contribution in [0.3, 0.4) is 0 Å². The number of nitrogens with zero attached hydrogens (tertiary/aromatic N) is 3. The SMILES string of the molecule is Cc1occc1-c1nnc(SC2CC(C)OC(C)C2)n1-c1ccccc1. The minimum absolute atomic E-state index is 0.278. The Morgan fingerprint density at radius 2 is 1.77 bits per heavy atom. The molecule has 0 amide bonds. The third-order valence-corrected chi connectivity index (χ3v) is 5.87. The highest BCUT2D eigenvalue weighted by molar-refractivity contribution is 7.99. The molecule has 1 aliphatic rings. The summed E-state index contributed by atoms with van der Waals surface area (Å²) in [6.45, 7) is 6.24. The number of aryl methyl sites for hydroxylation is 1. The Bertz CT molecular complexity index is 864. The first kappa shape index (κ1) is 17.4. The summed E-state index contributed by atoms with van der Waals surface area (Å²) in [7, 11) is 0. The van der Waals surface area contributed by atoms with Gasteiger partial charge in [0.15, 0.2) is 11.0 Å². The molecule has 0 radical (unpaired) electrons. The van der Waals surface area contributed by atoms with E-state index >= 15 is 0 Å². The van der Waals surface area contributed by atoms with Crippen molar-refractivity contribution in [1.29, 1.82) is 0 Å². The third-order valence-electron chi connectivity index (χ3n) is 4.67. The van der Waals surface area contributed by atoms with Crippen molar-refractivity contribution in [1.82, 2.24) is 14.8 Å². The van der Waals surface area contributed by atoms with Crippen LogP contribution < -0.4 is 0 Å². The number of para-hydroxylation sites is 1. The van der Waals surface area contributed by atoms with Crippen LogP contribution in [0.2, 0.25) is 0 Å².